The Labute approximate surface area is 95.4 Å². The van der Waals surface area contributed by atoms with Crippen LogP contribution in [0, 0.1) is 11.8 Å². The van der Waals surface area contributed by atoms with Crippen LogP contribution in [-0.4, -0.2) is 20.1 Å². The van der Waals surface area contributed by atoms with Crippen LogP contribution in [0.5, 0.6) is 5.75 Å². The molecule has 0 aliphatic heterocycles. The molecule has 0 bridgehead atoms. The average molecular weight is 239 g/mol. The first-order valence-corrected chi connectivity index (χ1v) is 6.23. The second-order valence-corrected chi connectivity index (χ2v) is 4.84. The molecule has 0 spiro atoms. The first-order chi connectivity index (χ1) is 7.56. The van der Waals surface area contributed by atoms with Crippen LogP contribution in [0.4, 0.5) is 0 Å². The molecule has 1 rings (SSSR count). The molecule has 0 atom stereocenters. The van der Waals surface area contributed by atoms with Gasteiger partial charge in [0.25, 0.3) is 0 Å². The molecule has 1 aromatic carbocycles. The summed E-state index contributed by atoms with van der Waals surface area (Å²) in [7, 11) is -3.54. The van der Waals surface area contributed by atoms with Gasteiger partial charge in [-0.05, 0) is 25.1 Å². The Bertz CT molecular complexity index is 512. The summed E-state index contributed by atoms with van der Waals surface area (Å²) in [4.78, 5) is 0.0527. The minimum atomic E-state index is -3.54. The van der Waals surface area contributed by atoms with Crippen LogP contribution in [0.2, 0.25) is 0 Å². The van der Waals surface area contributed by atoms with Gasteiger partial charge in [-0.15, -0.1) is 11.8 Å². The van der Waals surface area contributed by atoms with E-state index in [1.54, 1.807) is 6.92 Å². The molecule has 86 valence electrons. The van der Waals surface area contributed by atoms with Crippen molar-refractivity contribution in [2.45, 2.75) is 18.2 Å². The number of hydrogen-bond donors (Lipinski definition) is 2. The van der Waals surface area contributed by atoms with Crippen LogP contribution in [-0.2, 0) is 10.0 Å². The van der Waals surface area contributed by atoms with Gasteiger partial charge in [0.15, 0.2) is 0 Å². The molecule has 0 saturated heterocycles. The molecule has 0 fully saturated rings. The summed E-state index contributed by atoms with van der Waals surface area (Å²) in [5, 5.41) is 9.17. The Morgan fingerprint density at radius 3 is 2.81 bits per heavy atom. The van der Waals surface area contributed by atoms with Crippen LogP contribution < -0.4 is 4.72 Å². The van der Waals surface area contributed by atoms with Crippen LogP contribution in [0.3, 0.4) is 0 Å². The molecule has 0 aliphatic carbocycles. The highest BCUT2D eigenvalue weighted by Gasteiger charge is 2.12. The van der Waals surface area contributed by atoms with Crippen molar-refractivity contribution in [1.82, 2.24) is 4.72 Å². The van der Waals surface area contributed by atoms with Gasteiger partial charge < -0.3 is 5.11 Å². The first kappa shape index (κ1) is 12.6. The van der Waals surface area contributed by atoms with Crippen molar-refractivity contribution < 1.29 is 13.5 Å². The zero-order chi connectivity index (χ0) is 12.0. The van der Waals surface area contributed by atoms with Crippen molar-refractivity contribution >= 4 is 10.0 Å². The van der Waals surface area contributed by atoms with Gasteiger partial charge in [-0.25, -0.2) is 13.1 Å². The number of rotatable bonds is 4. The minimum absolute atomic E-state index is 0.0527. The predicted octanol–water partition coefficient (Wildman–Crippen LogP) is 1.08. The van der Waals surface area contributed by atoms with Gasteiger partial charge >= 0.3 is 0 Å². The van der Waals surface area contributed by atoms with Gasteiger partial charge in [0.05, 0.1) is 4.90 Å². The number of benzene rings is 1. The lowest BCUT2D eigenvalue weighted by molar-refractivity contribution is 0.473. The maximum atomic E-state index is 11.7. The predicted molar refractivity (Wildman–Crippen MR) is 61.4 cm³/mol. The third kappa shape index (κ3) is 3.57. The minimum Gasteiger partial charge on any atom is -0.508 e. The first-order valence-electron chi connectivity index (χ1n) is 4.74. The topological polar surface area (TPSA) is 66.4 Å². The van der Waals surface area contributed by atoms with Crippen LogP contribution in [0.1, 0.15) is 13.3 Å². The maximum Gasteiger partial charge on any atom is 0.240 e. The third-order valence-electron chi connectivity index (χ3n) is 1.85. The highest BCUT2D eigenvalue weighted by atomic mass is 32.2. The van der Waals surface area contributed by atoms with Crippen molar-refractivity contribution in [1.29, 1.82) is 0 Å². The van der Waals surface area contributed by atoms with Crippen molar-refractivity contribution in [3.63, 3.8) is 0 Å². The molecule has 0 aromatic heterocycles. The Morgan fingerprint density at radius 1 is 1.44 bits per heavy atom. The molecule has 5 heteroatoms. The second-order valence-electron chi connectivity index (χ2n) is 3.07. The fourth-order valence-electron chi connectivity index (χ4n) is 1.11. The monoisotopic (exact) mass is 239 g/mol. The normalized spacial score (nSPS) is 10.6. The largest absolute Gasteiger partial charge is 0.508 e. The van der Waals surface area contributed by atoms with Gasteiger partial charge in [0.2, 0.25) is 10.0 Å². The summed E-state index contributed by atoms with van der Waals surface area (Å²) < 4.78 is 25.8. The van der Waals surface area contributed by atoms with E-state index < -0.39 is 10.0 Å². The molecule has 0 unspecified atom stereocenters. The summed E-state index contributed by atoms with van der Waals surface area (Å²) in [6.45, 7) is 1.96. The fraction of sp³-hybridized carbons (Fsp3) is 0.273. The standard InChI is InChI=1S/C11H13NO3S/c1-2-3-4-8-12-16(14,15)11-7-5-6-10(13)9-11/h5-7,9,12-13H,4,8H2,1H3. The number of aromatic hydroxyl groups is 1. The number of hydrogen-bond acceptors (Lipinski definition) is 3. The van der Waals surface area contributed by atoms with E-state index in [2.05, 4.69) is 16.6 Å². The summed E-state index contributed by atoms with van der Waals surface area (Å²) in [5.41, 5.74) is 0. The van der Waals surface area contributed by atoms with Gasteiger partial charge in [0.1, 0.15) is 5.75 Å². The van der Waals surface area contributed by atoms with Crippen molar-refractivity contribution in [3.8, 4) is 17.6 Å². The summed E-state index contributed by atoms with van der Waals surface area (Å²) in [6, 6.07) is 5.53. The highest BCUT2D eigenvalue weighted by molar-refractivity contribution is 7.89. The number of phenols is 1. The van der Waals surface area contributed by atoms with Gasteiger partial charge in [-0.1, -0.05) is 6.07 Å². The van der Waals surface area contributed by atoms with Gasteiger partial charge in [-0.3, -0.25) is 0 Å². The number of nitrogens with one attached hydrogen (secondary N) is 1. The van der Waals surface area contributed by atoms with E-state index >= 15 is 0 Å². The lowest BCUT2D eigenvalue weighted by atomic mass is 10.3. The summed E-state index contributed by atoms with van der Waals surface area (Å²) in [6.07, 6.45) is 0.467. The van der Waals surface area contributed by atoms with Crippen molar-refractivity contribution in [2.24, 2.45) is 0 Å². The van der Waals surface area contributed by atoms with E-state index in [0.717, 1.165) is 0 Å². The average Bonchev–Trinajstić information content (AvgIpc) is 2.24. The van der Waals surface area contributed by atoms with Crippen molar-refractivity contribution in [3.05, 3.63) is 24.3 Å². The zero-order valence-electron chi connectivity index (χ0n) is 8.90. The molecule has 4 nitrogen and oxygen atoms in total. The van der Waals surface area contributed by atoms with E-state index in [0.29, 0.717) is 6.42 Å². The Hall–Kier alpha value is -1.51. The summed E-state index contributed by atoms with van der Waals surface area (Å²) in [5.74, 6) is 5.36. The van der Waals surface area contributed by atoms with E-state index in [1.165, 1.54) is 24.3 Å². The lowest BCUT2D eigenvalue weighted by Crippen LogP contribution is -2.24. The van der Waals surface area contributed by atoms with E-state index in [4.69, 9.17) is 0 Å². The highest BCUT2D eigenvalue weighted by Crippen LogP contribution is 2.15. The van der Waals surface area contributed by atoms with Crippen LogP contribution >= 0.6 is 0 Å². The molecule has 0 radical (unpaired) electrons. The lowest BCUT2D eigenvalue weighted by Gasteiger charge is -2.05. The molecule has 2 N–H and O–H groups in total. The molecule has 16 heavy (non-hydrogen) atoms. The van der Waals surface area contributed by atoms with E-state index in [1.807, 2.05) is 0 Å². The molecule has 0 heterocycles. The maximum absolute atomic E-state index is 11.7. The molecular formula is C11H13NO3S. The quantitative estimate of drug-likeness (QED) is 0.610. The molecule has 0 saturated carbocycles. The Morgan fingerprint density at radius 2 is 2.19 bits per heavy atom. The third-order valence-corrected chi connectivity index (χ3v) is 3.31. The SMILES string of the molecule is CC#CCCNS(=O)(=O)c1cccc(O)c1. The molecule has 0 aliphatic rings. The molecule has 0 amide bonds. The summed E-state index contributed by atoms with van der Waals surface area (Å²) >= 11 is 0. The smallest absolute Gasteiger partial charge is 0.240 e. The second kappa shape index (κ2) is 5.54. The van der Waals surface area contributed by atoms with Crippen LogP contribution in [0.25, 0.3) is 0 Å². The van der Waals surface area contributed by atoms with Gasteiger partial charge in [-0.2, -0.15) is 0 Å². The van der Waals surface area contributed by atoms with Crippen LogP contribution in [0.15, 0.2) is 29.2 Å². The molecular weight excluding hydrogens is 226 g/mol. The number of sulfonamides is 1. The van der Waals surface area contributed by atoms with E-state index in [-0.39, 0.29) is 17.2 Å². The zero-order valence-corrected chi connectivity index (χ0v) is 9.71. The Kier molecular flexibility index (Phi) is 4.35. The number of phenolic OH excluding ortho intramolecular Hbond substituents is 1. The van der Waals surface area contributed by atoms with E-state index in [9.17, 15) is 13.5 Å². The fourth-order valence-corrected chi connectivity index (χ4v) is 2.18. The molecule has 1 aromatic rings. The van der Waals surface area contributed by atoms with Crippen molar-refractivity contribution in [2.75, 3.05) is 6.54 Å². The Balaban J connectivity index is 2.73. The van der Waals surface area contributed by atoms with Gasteiger partial charge in [0, 0.05) is 13.0 Å².